The van der Waals surface area contributed by atoms with Crippen LogP contribution in [0.5, 0.6) is 11.5 Å². The Morgan fingerprint density at radius 1 is 1.25 bits per heavy atom. The largest absolute Gasteiger partial charge is 0.496 e. The summed E-state index contributed by atoms with van der Waals surface area (Å²) >= 11 is 0. The zero-order valence-corrected chi connectivity index (χ0v) is 11.3. The number of methoxy groups -OCH3 is 2. The summed E-state index contributed by atoms with van der Waals surface area (Å²) in [6.45, 7) is 0. The van der Waals surface area contributed by atoms with Gasteiger partial charge in [0, 0.05) is 11.6 Å². The van der Waals surface area contributed by atoms with E-state index in [9.17, 15) is 18.7 Å². The van der Waals surface area contributed by atoms with Gasteiger partial charge < -0.3 is 14.6 Å². The Bertz CT molecular complexity index is 524. The first-order valence-electron chi connectivity index (χ1n) is 6.24. The first kappa shape index (κ1) is 14.6. The molecule has 0 bridgehead atoms. The van der Waals surface area contributed by atoms with Crippen LogP contribution in [0.15, 0.2) is 12.1 Å². The highest BCUT2D eigenvalue weighted by atomic mass is 19.3. The van der Waals surface area contributed by atoms with Gasteiger partial charge in [-0.05, 0) is 18.9 Å². The van der Waals surface area contributed by atoms with Crippen molar-refractivity contribution in [3.63, 3.8) is 0 Å². The van der Waals surface area contributed by atoms with Crippen LogP contribution in [0, 0.1) is 0 Å². The van der Waals surface area contributed by atoms with E-state index in [0.717, 1.165) is 6.42 Å². The molecule has 0 radical (unpaired) electrons. The third kappa shape index (κ3) is 2.09. The zero-order valence-electron chi connectivity index (χ0n) is 11.3. The number of aliphatic carboxylic acids is 1. The number of hydrogen-bond acceptors (Lipinski definition) is 3. The maximum Gasteiger partial charge on any atom is 0.314 e. The zero-order chi connectivity index (χ0) is 14.9. The number of ether oxygens (including phenoxy) is 2. The van der Waals surface area contributed by atoms with E-state index in [-0.39, 0.29) is 17.1 Å². The molecule has 0 atom stereocenters. The molecule has 0 amide bonds. The molecule has 4 nitrogen and oxygen atoms in total. The van der Waals surface area contributed by atoms with Crippen LogP contribution < -0.4 is 9.47 Å². The molecular weight excluding hydrogens is 270 g/mol. The van der Waals surface area contributed by atoms with Crippen LogP contribution in [0.4, 0.5) is 8.78 Å². The highest BCUT2D eigenvalue weighted by Crippen LogP contribution is 2.49. The van der Waals surface area contributed by atoms with E-state index in [1.54, 1.807) is 0 Å². The lowest BCUT2D eigenvalue weighted by molar-refractivity contribution is -0.147. The topological polar surface area (TPSA) is 55.8 Å². The molecule has 1 aliphatic rings. The molecule has 1 saturated carbocycles. The molecule has 0 aromatic heterocycles. The van der Waals surface area contributed by atoms with E-state index in [1.165, 1.54) is 26.4 Å². The van der Waals surface area contributed by atoms with Gasteiger partial charge in [0.2, 0.25) is 0 Å². The van der Waals surface area contributed by atoms with Crippen molar-refractivity contribution in [3.8, 4) is 11.5 Å². The van der Waals surface area contributed by atoms with Crippen molar-refractivity contribution in [1.29, 1.82) is 0 Å². The van der Waals surface area contributed by atoms with Crippen LogP contribution in [0.25, 0.3) is 0 Å². The Morgan fingerprint density at radius 2 is 1.85 bits per heavy atom. The second kappa shape index (κ2) is 5.26. The Labute approximate surface area is 115 Å². The minimum atomic E-state index is -2.74. The summed E-state index contributed by atoms with van der Waals surface area (Å²) in [6.07, 6.45) is -1.13. The molecule has 1 fully saturated rings. The molecule has 0 unspecified atom stereocenters. The molecule has 0 spiro atoms. The van der Waals surface area contributed by atoms with Crippen LogP contribution in [0.3, 0.4) is 0 Å². The van der Waals surface area contributed by atoms with Gasteiger partial charge in [-0.1, -0.05) is 6.42 Å². The highest BCUT2D eigenvalue weighted by Gasteiger charge is 2.48. The molecule has 1 aromatic carbocycles. The van der Waals surface area contributed by atoms with Gasteiger partial charge in [0.1, 0.15) is 11.5 Å². The van der Waals surface area contributed by atoms with Crippen molar-refractivity contribution >= 4 is 5.97 Å². The van der Waals surface area contributed by atoms with Crippen LogP contribution in [0.2, 0.25) is 0 Å². The third-order valence-electron chi connectivity index (χ3n) is 3.92. The fourth-order valence-corrected chi connectivity index (χ4v) is 2.60. The number of benzene rings is 1. The van der Waals surface area contributed by atoms with Gasteiger partial charge >= 0.3 is 5.97 Å². The van der Waals surface area contributed by atoms with Gasteiger partial charge in [0.05, 0.1) is 25.2 Å². The third-order valence-corrected chi connectivity index (χ3v) is 3.92. The number of carboxylic acids is 1. The summed E-state index contributed by atoms with van der Waals surface area (Å²) in [5, 5.41) is 9.44. The second-order valence-electron chi connectivity index (χ2n) is 4.84. The number of carbonyl (C=O) groups is 1. The van der Waals surface area contributed by atoms with Crippen molar-refractivity contribution < 1.29 is 28.2 Å². The van der Waals surface area contributed by atoms with E-state index in [4.69, 9.17) is 9.47 Å². The molecule has 1 aromatic rings. The molecule has 1 aliphatic carbocycles. The SMILES string of the molecule is COc1cc(OC)c(C2(C(=O)O)CCC2)cc1C(F)F. The van der Waals surface area contributed by atoms with Gasteiger partial charge in [-0.25, -0.2) is 8.78 Å². The lowest BCUT2D eigenvalue weighted by Crippen LogP contribution is -2.42. The fourth-order valence-electron chi connectivity index (χ4n) is 2.60. The van der Waals surface area contributed by atoms with Crippen molar-refractivity contribution in [3.05, 3.63) is 23.3 Å². The quantitative estimate of drug-likeness (QED) is 0.903. The first-order valence-corrected chi connectivity index (χ1v) is 6.24. The lowest BCUT2D eigenvalue weighted by Gasteiger charge is -2.39. The molecule has 20 heavy (non-hydrogen) atoms. The highest BCUT2D eigenvalue weighted by molar-refractivity contribution is 5.84. The average Bonchev–Trinajstić information content (AvgIpc) is 2.36. The normalized spacial score (nSPS) is 16.6. The van der Waals surface area contributed by atoms with Crippen molar-refractivity contribution in [1.82, 2.24) is 0 Å². The molecule has 0 heterocycles. The Balaban J connectivity index is 2.62. The van der Waals surface area contributed by atoms with E-state index >= 15 is 0 Å². The smallest absolute Gasteiger partial charge is 0.314 e. The molecule has 0 saturated heterocycles. The molecular formula is C14H16F2O4. The van der Waals surface area contributed by atoms with Crippen molar-refractivity contribution in [2.24, 2.45) is 0 Å². The summed E-state index contributed by atoms with van der Waals surface area (Å²) in [5.74, 6) is -0.735. The van der Waals surface area contributed by atoms with Gasteiger partial charge in [-0.2, -0.15) is 0 Å². The maximum absolute atomic E-state index is 13.1. The number of hydrogen-bond donors (Lipinski definition) is 1. The lowest BCUT2D eigenvalue weighted by atomic mass is 9.64. The number of halogens is 2. The van der Waals surface area contributed by atoms with Gasteiger partial charge in [0.25, 0.3) is 6.43 Å². The van der Waals surface area contributed by atoms with E-state index < -0.39 is 17.8 Å². The predicted octanol–water partition coefficient (Wildman–Crippen LogP) is 3.15. The second-order valence-corrected chi connectivity index (χ2v) is 4.84. The Kier molecular flexibility index (Phi) is 3.83. The first-order chi connectivity index (χ1) is 9.46. The monoisotopic (exact) mass is 286 g/mol. The Hall–Kier alpha value is -1.85. The van der Waals surface area contributed by atoms with Crippen LogP contribution in [-0.2, 0) is 10.2 Å². The maximum atomic E-state index is 13.1. The van der Waals surface area contributed by atoms with Gasteiger partial charge in [-0.3, -0.25) is 4.79 Å². The van der Waals surface area contributed by atoms with Crippen LogP contribution in [0.1, 0.15) is 36.8 Å². The molecule has 110 valence electrons. The average molecular weight is 286 g/mol. The number of carboxylic acid groups (broad SMARTS) is 1. The van der Waals surface area contributed by atoms with Crippen molar-refractivity contribution in [2.45, 2.75) is 31.1 Å². The number of alkyl halides is 2. The van der Waals surface area contributed by atoms with E-state index in [0.29, 0.717) is 18.4 Å². The summed E-state index contributed by atoms with van der Waals surface area (Å²) in [7, 11) is 2.67. The van der Waals surface area contributed by atoms with E-state index in [2.05, 4.69) is 0 Å². The molecule has 1 N–H and O–H groups in total. The summed E-state index contributed by atoms with van der Waals surface area (Å²) in [5.41, 5.74) is -1.13. The summed E-state index contributed by atoms with van der Waals surface area (Å²) in [6, 6.07) is 2.54. The fraction of sp³-hybridized carbons (Fsp3) is 0.500. The molecule has 6 heteroatoms. The Morgan fingerprint density at radius 3 is 2.20 bits per heavy atom. The predicted molar refractivity (Wildman–Crippen MR) is 67.7 cm³/mol. The number of rotatable bonds is 5. The molecule has 2 rings (SSSR count). The van der Waals surface area contributed by atoms with E-state index in [1.807, 2.05) is 0 Å². The summed E-state index contributed by atoms with van der Waals surface area (Å²) in [4.78, 5) is 11.5. The van der Waals surface area contributed by atoms with Crippen LogP contribution >= 0.6 is 0 Å². The standard InChI is InChI=1S/C14H16F2O4/c1-19-10-7-11(20-2)9(6-8(10)12(15)16)14(13(17)18)4-3-5-14/h6-7,12H,3-5H2,1-2H3,(H,17,18). The summed E-state index contributed by atoms with van der Waals surface area (Å²) < 4.78 is 36.2. The molecule has 0 aliphatic heterocycles. The van der Waals surface area contributed by atoms with Crippen molar-refractivity contribution in [2.75, 3.05) is 14.2 Å². The van der Waals surface area contributed by atoms with Gasteiger partial charge in [-0.15, -0.1) is 0 Å². The van der Waals surface area contributed by atoms with Gasteiger partial charge in [0.15, 0.2) is 0 Å². The van der Waals surface area contributed by atoms with Crippen LogP contribution in [-0.4, -0.2) is 25.3 Å². The minimum absolute atomic E-state index is 0.000428. The minimum Gasteiger partial charge on any atom is -0.496 e.